The van der Waals surface area contributed by atoms with E-state index in [1.54, 1.807) is 6.07 Å². The average molecular weight is 200 g/mol. The summed E-state index contributed by atoms with van der Waals surface area (Å²) in [6, 6.07) is 11.5. The molecule has 3 nitrogen and oxygen atoms in total. The van der Waals surface area contributed by atoms with Crippen LogP contribution in [0.4, 0.5) is 11.4 Å². The van der Waals surface area contributed by atoms with Crippen LogP contribution < -0.4 is 11.1 Å². The van der Waals surface area contributed by atoms with Crippen molar-refractivity contribution in [1.29, 1.82) is 0 Å². The molecule has 0 saturated heterocycles. The van der Waals surface area contributed by atoms with Gasteiger partial charge in [-0.25, -0.2) is 0 Å². The first-order valence-electron chi connectivity index (χ1n) is 4.72. The van der Waals surface area contributed by atoms with Gasteiger partial charge in [0, 0.05) is 18.0 Å². The van der Waals surface area contributed by atoms with Gasteiger partial charge >= 0.3 is 0 Å². The minimum Gasteiger partial charge on any atom is -0.399 e. The molecule has 3 N–H and O–H groups in total. The summed E-state index contributed by atoms with van der Waals surface area (Å²) >= 11 is 0. The van der Waals surface area contributed by atoms with E-state index in [4.69, 9.17) is 5.73 Å². The topological polar surface area (TPSA) is 55.1 Å². The molecule has 2 aromatic carbocycles. The molecule has 0 radical (unpaired) electrons. The summed E-state index contributed by atoms with van der Waals surface area (Å²) in [5.41, 5.74) is 7.16. The first-order valence-corrected chi connectivity index (χ1v) is 4.72. The Morgan fingerprint density at radius 2 is 2.00 bits per heavy atom. The number of hydrogen-bond donors (Lipinski definition) is 2. The molecular formula is C12H12N2O. The van der Waals surface area contributed by atoms with Crippen molar-refractivity contribution < 1.29 is 4.79 Å². The second-order valence-electron chi connectivity index (χ2n) is 3.47. The molecule has 76 valence electrons. The van der Waals surface area contributed by atoms with Gasteiger partial charge < -0.3 is 11.1 Å². The van der Waals surface area contributed by atoms with Crippen molar-refractivity contribution in [3.8, 4) is 0 Å². The van der Waals surface area contributed by atoms with Gasteiger partial charge in [-0.05, 0) is 17.5 Å². The van der Waals surface area contributed by atoms with Crippen LogP contribution in [0.2, 0.25) is 0 Å². The monoisotopic (exact) mass is 200 g/mol. The van der Waals surface area contributed by atoms with Crippen molar-refractivity contribution in [2.45, 2.75) is 6.92 Å². The highest BCUT2D eigenvalue weighted by Crippen LogP contribution is 2.26. The molecule has 0 fully saturated rings. The van der Waals surface area contributed by atoms with Gasteiger partial charge in [0.1, 0.15) is 0 Å². The highest BCUT2D eigenvalue weighted by molar-refractivity contribution is 6.03. The largest absolute Gasteiger partial charge is 0.399 e. The second-order valence-corrected chi connectivity index (χ2v) is 3.47. The first kappa shape index (κ1) is 9.52. The van der Waals surface area contributed by atoms with Crippen LogP contribution in [0, 0.1) is 0 Å². The van der Waals surface area contributed by atoms with Gasteiger partial charge in [0.05, 0.1) is 5.69 Å². The van der Waals surface area contributed by atoms with Crippen molar-refractivity contribution in [3.63, 3.8) is 0 Å². The number of nitrogens with one attached hydrogen (secondary N) is 1. The maximum atomic E-state index is 11.0. The Bertz CT molecular complexity index is 520. The van der Waals surface area contributed by atoms with E-state index in [-0.39, 0.29) is 5.91 Å². The van der Waals surface area contributed by atoms with E-state index in [0.29, 0.717) is 5.69 Å². The van der Waals surface area contributed by atoms with Crippen molar-refractivity contribution in [3.05, 3.63) is 36.4 Å². The number of carbonyl (C=O) groups excluding carboxylic acids is 1. The minimum atomic E-state index is -0.0919. The van der Waals surface area contributed by atoms with Crippen LogP contribution in [-0.2, 0) is 4.79 Å². The molecule has 0 unspecified atom stereocenters. The summed E-state index contributed by atoms with van der Waals surface area (Å²) in [5, 5.41) is 4.80. The van der Waals surface area contributed by atoms with Gasteiger partial charge in [-0.3, -0.25) is 4.79 Å². The lowest BCUT2D eigenvalue weighted by atomic mass is 10.1. The van der Waals surface area contributed by atoms with E-state index in [1.165, 1.54) is 6.92 Å². The zero-order valence-electron chi connectivity index (χ0n) is 8.45. The molecule has 0 heterocycles. The fourth-order valence-electron chi connectivity index (χ4n) is 1.63. The number of anilines is 2. The summed E-state index contributed by atoms with van der Waals surface area (Å²) in [6.07, 6.45) is 0. The molecule has 0 aliphatic heterocycles. The quantitative estimate of drug-likeness (QED) is 0.694. The van der Waals surface area contributed by atoms with Crippen LogP contribution in [0.25, 0.3) is 10.8 Å². The zero-order valence-corrected chi connectivity index (χ0v) is 8.45. The van der Waals surface area contributed by atoms with Crippen LogP contribution in [0.1, 0.15) is 6.92 Å². The smallest absolute Gasteiger partial charge is 0.221 e. The summed E-state index contributed by atoms with van der Waals surface area (Å²) in [6.45, 7) is 1.48. The van der Waals surface area contributed by atoms with Gasteiger partial charge in [-0.15, -0.1) is 0 Å². The van der Waals surface area contributed by atoms with Crippen LogP contribution >= 0.6 is 0 Å². The number of benzene rings is 2. The summed E-state index contributed by atoms with van der Waals surface area (Å²) in [7, 11) is 0. The number of rotatable bonds is 1. The van der Waals surface area contributed by atoms with E-state index in [1.807, 2.05) is 30.3 Å². The Morgan fingerprint density at radius 1 is 1.27 bits per heavy atom. The maximum absolute atomic E-state index is 11.0. The highest BCUT2D eigenvalue weighted by Gasteiger charge is 2.03. The van der Waals surface area contributed by atoms with Crippen LogP contribution in [0.15, 0.2) is 36.4 Å². The average Bonchev–Trinajstić information content (AvgIpc) is 2.16. The number of hydrogen-bond acceptors (Lipinski definition) is 2. The third-order valence-electron chi connectivity index (χ3n) is 2.19. The van der Waals surface area contributed by atoms with E-state index >= 15 is 0 Å². The van der Waals surface area contributed by atoms with Crippen molar-refractivity contribution in [2.24, 2.45) is 0 Å². The predicted octanol–water partition coefficient (Wildman–Crippen LogP) is 2.38. The predicted molar refractivity (Wildman–Crippen MR) is 62.7 cm³/mol. The molecule has 3 heteroatoms. The number of fused-ring (bicyclic) bond motifs is 1. The molecule has 0 aromatic heterocycles. The Hall–Kier alpha value is -2.03. The summed E-state index contributed by atoms with van der Waals surface area (Å²) in [4.78, 5) is 11.0. The van der Waals surface area contributed by atoms with E-state index in [0.717, 1.165) is 16.5 Å². The van der Waals surface area contributed by atoms with E-state index in [2.05, 4.69) is 5.32 Å². The van der Waals surface area contributed by atoms with Crippen LogP contribution in [0.3, 0.4) is 0 Å². The molecule has 15 heavy (non-hydrogen) atoms. The molecule has 0 aliphatic rings. The molecule has 1 amide bonds. The minimum absolute atomic E-state index is 0.0919. The molecular weight excluding hydrogens is 188 g/mol. The Labute approximate surface area is 87.9 Å². The fraction of sp³-hybridized carbons (Fsp3) is 0.0833. The maximum Gasteiger partial charge on any atom is 0.221 e. The summed E-state index contributed by atoms with van der Waals surface area (Å²) < 4.78 is 0. The second kappa shape index (κ2) is 3.61. The van der Waals surface area contributed by atoms with Crippen LogP contribution in [-0.4, -0.2) is 5.91 Å². The SMILES string of the molecule is CC(=O)Nc1cc(N)cc2ccccc12. The van der Waals surface area contributed by atoms with Crippen molar-refractivity contribution >= 4 is 28.1 Å². The lowest BCUT2D eigenvalue weighted by molar-refractivity contribution is -0.114. The molecule has 0 spiro atoms. The Morgan fingerprint density at radius 3 is 2.73 bits per heavy atom. The fourth-order valence-corrected chi connectivity index (χ4v) is 1.63. The van der Waals surface area contributed by atoms with E-state index in [9.17, 15) is 4.79 Å². The third kappa shape index (κ3) is 1.91. The van der Waals surface area contributed by atoms with Gasteiger partial charge in [-0.2, -0.15) is 0 Å². The van der Waals surface area contributed by atoms with Crippen LogP contribution in [0.5, 0.6) is 0 Å². The van der Waals surface area contributed by atoms with Gasteiger partial charge in [0.25, 0.3) is 0 Å². The summed E-state index contributed by atoms with van der Waals surface area (Å²) in [5.74, 6) is -0.0919. The molecule has 2 rings (SSSR count). The Balaban J connectivity index is 2.65. The van der Waals surface area contributed by atoms with Gasteiger partial charge in [0.2, 0.25) is 5.91 Å². The number of carbonyl (C=O) groups is 1. The zero-order chi connectivity index (χ0) is 10.8. The third-order valence-corrected chi connectivity index (χ3v) is 2.19. The lowest BCUT2D eigenvalue weighted by Crippen LogP contribution is -2.06. The molecule has 0 saturated carbocycles. The van der Waals surface area contributed by atoms with Crippen molar-refractivity contribution in [2.75, 3.05) is 11.1 Å². The van der Waals surface area contributed by atoms with Crippen molar-refractivity contribution in [1.82, 2.24) is 0 Å². The number of nitrogens with two attached hydrogens (primary N) is 1. The molecule has 0 bridgehead atoms. The Kier molecular flexibility index (Phi) is 2.29. The number of amides is 1. The molecule has 2 aromatic rings. The molecule has 0 atom stereocenters. The molecule has 0 aliphatic carbocycles. The lowest BCUT2D eigenvalue weighted by Gasteiger charge is -2.08. The van der Waals surface area contributed by atoms with Gasteiger partial charge in [-0.1, -0.05) is 24.3 Å². The normalized spacial score (nSPS) is 10.2. The standard InChI is InChI=1S/C12H12N2O/c1-8(15)14-12-7-10(13)6-9-4-2-3-5-11(9)12/h2-7H,13H2,1H3,(H,14,15). The van der Waals surface area contributed by atoms with E-state index < -0.39 is 0 Å². The number of nitrogen functional groups attached to an aromatic ring is 1. The van der Waals surface area contributed by atoms with Gasteiger partial charge in [0.15, 0.2) is 0 Å². The first-order chi connectivity index (χ1) is 7.16. The highest BCUT2D eigenvalue weighted by atomic mass is 16.1.